The van der Waals surface area contributed by atoms with Crippen LogP contribution in [0.5, 0.6) is 0 Å². The topological polar surface area (TPSA) is 84.7 Å². The summed E-state index contributed by atoms with van der Waals surface area (Å²) in [5.41, 5.74) is 1.20. The number of benzene rings is 1. The molecular weight excluding hydrogens is 322 g/mol. The average molecular weight is 347 g/mol. The van der Waals surface area contributed by atoms with E-state index >= 15 is 0 Å². The quantitative estimate of drug-likeness (QED) is 0.669. The van der Waals surface area contributed by atoms with Gasteiger partial charge in [-0.05, 0) is 56.6 Å². The van der Waals surface area contributed by atoms with Gasteiger partial charge in [0.2, 0.25) is 0 Å². The molecule has 0 atom stereocenters. The van der Waals surface area contributed by atoms with E-state index in [4.69, 9.17) is 4.74 Å². The lowest BCUT2D eigenvalue weighted by molar-refractivity contribution is -0.385. The van der Waals surface area contributed by atoms with Crippen LogP contribution in [0.25, 0.3) is 0 Å². The van der Waals surface area contributed by atoms with Crippen molar-refractivity contribution < 1.29 is 14.5 Å². The summed E-state index contributed by atoms with van der Waals surface area (Å²) >= 11 is 0. The fourth-order valence-corrected chi connectivity index (χ4v) is 3.90. The number of urea groups is 1. The number of nitrogens with one attached hydrogen (secondary N) is 1. The number of piperidine rings is 1. The van der Waals surface area contributed by atoms with Gasteiger partial charge < -0.3 is 15.0 Å². The molecule has 2 heterocycles. The SMILES string of the molecule is Cc1cc(NC(=O)N2CCC(C3CCOCC3)CC2)ccc1[N+](=O)[O-]. The highest BCUT2D eigenvalue weighted by atomic mass is 16.6. The van der Waals surface area contributed by atoms with Crippen molar-refractivity contribution in [3.05, 3.63) is 33.9 Å². The van der Waals surface area contributed by atoms with E-state index in [1.807, 2.05) is 4.90 Å². The third kappa shape index (κ3) is 4.28. The van der Waals surface area contributed by atoms with Crippen LogP contribution in [0.2, 0.25) is 0 Å². The summed E-state index contributed by atoms with van der Waals surface area (Å²) in [6.45, 7) is 4.93. The molecule has 0 saturated carbocycles. The number of hydrogen-bond donors (Lipinski definition) is 1. The molecule has 1 aromatic carbocycles. The minimum absolute atomic E-state index is 0.0651. The second-order valence-corrected chi connectivity index (χ2v) is 6.96. The Morgan fingerprint density at radius 3 is 2.44 bits per heavy atom. The number of aryl methyl sites for hydroxylation is 1. The van der Waals surface area contributed by atoms with Crippen molar-refractivity contribution >= 4 is 17.4 Å². The lowest BCUT2D eigenvalue weighted by Crippen LogP contribution is -2.42. The van der Waals surface area contributed by atoms with Gasteiger partial charge in [-0.3, -0.25) is 10.1 Å². The molecule has 0 unspecified atom stereocenters. The number of carbonyl (C=O) groups excluding carboxylic acids is 1. The molecular formula is C18H25N3O4. The zero-order chi connectivity index (χ0) is 17.8. The van der Waals surface area contributed by atoms with Gasteiger partial charge in [-0.15, -0.1) is 0 Å². The number of anilines is 1. The van der Waals surface area contributed by atoms with E-state index in [1.165, 1.54) is 6.07 Å². The second kappa shape index (κ2) is 7.82. The normalized spacial score (nSPS) is 19.6. The fourth-order valence-electron chi connectivity index (χ4n) is 3.90. The molecule has 1 N–H and O–H groups in total. The molecule has 3 rings (SSSR count). The van der Waals surface area contributed by atoms with Gasteiger partial charge in [-0.1, -0.05) is 0 Å². The van der Waals surface area contributed by atoms with E-state index in [0.29, 0.717) is 17.2 Å². The first-order valence-electron chi connectivity index (χ1n) is 8.93. The molecule has 0 aromatic heterocycles. The van der Waals surface area contributed by atoms with Gasteiger partial charge in [-0.2, -0.15) is 0 Å². The first-order chi connectivity index (χ1) is 12.0. The highest BCUT2D eigenvalue weighted by molar-refractivity contribution is 5.89. The van der Waals surface area contributed by atoms with Crippen molar-refractivity contribution in [2.24, 2.45) is 11.8 Å². The summed E-state index contributed by atoms with van der Waals surface area (Å²) in [4.78, 5) is 24.7. The summed E-state index contributed by atoms with van der Waals surface area (Å²) in [7, 11) is 0. The Labute approximate surface area is 147 Å². The number of nitro benzene ring substituents is 1. The van der Waals surface area contributed by atoms with Gasteiger partial charge in [0.1, 0.15) is 0 Å². The van der Waals surface area contributed by atoms with Crippen molar-refractivity contribution in [3.63, 3.8) is 0 Å². The van der Waals surface area contributed by atoms with Crippen molar-refractivity contribution in [2.75, 3.05) is 31.6 Å². The summed E-state index contributed by atoms with van der Waals surface area (Å²) in [6, 6.07) is 4.53. The van der Waals surface area contributed by atoms with Gasteiger partial charge >= 0.3 is 6.03 Å². The molecule has 0 bridgehead atoms. The Hall–Kier alpha value is -2.15. The molecule has 7 heteroatoms. The predicted molar refractivity (Wildman–Crippen MR) is 94.7 cm³/mol. The molecule has 0 spiro atoms. The largest absolute Gasteiger partial charge is 0.381 e. The third-order valence-corrected chi connectivity index (χ3v) is 5.40. The average Bonchev–Trinajstić information content (AvgIpc) is 2.62. The number of nitro groups is 1. The van der Waals surface area contributed by atoms with E-state index in [0.717, 1.165) is 57.9 Å². The molecule has 25 heavy (non-hydrogen) atoms. The Morgan fingerprint density at radius 1 is 1.20 bits per heavy atom. The van der Waals surface area contributed by atoms with E-state index in [2.05, 4.69) is 5.32 Å². The minimum atomic E-state index is -0.415. The molecule has 2 fully saturated rings. The molecule has 2 saturated heterocycles. The Kier molecular flexibility index (Phi) is 5.53. The van der Waals surface area contributed by atoms with Crippen molar-refractivity contribution in [1.29, 1.82) is 0 Å². The second-order valence-electron chi connectivity index (χ2n) is 6.96. The number of carbonyl (C=O) groups is 1. The predicted octanol–water partition coefficient (Wildman–Crippen LogP) is 3.57. The lowest BCUT2D eigenvalue weighted by Gasteiger charge is -2.37. The van der Waals surface area contributed by atoms with Crippen LogP contribution >= 0.6 is 0 Å². The van der Waals surface area contributed by atoms with Crippen LogP contribution in [0.4, 0.5) is 16.2 Å². The van der Waals surface area contributed by atoms with Gasteiger partial charge in [0, 0.05) is 43.6 Å². The number of nitrogens with zero attached hydrogens (tertiary/aromatic N) is 2. The zero-order valence-electron chi connectivity index (χ0n) is 14.6. The van der Waals surface area contributed by atoms with Crippen LogP contribution in [0, 0.1) is 28.9 Å². The molecule has 2 amide bonds. The first-order valence-corrected chi connectivity index (χ1v) is 8.93. The Balaban J connectivity index is 1.52. The van der Waals surface area contributed by atoms with Gasteiger partial charge in [0.05, 0.1) is 4.92 Å². The molecule has 7 nitrogen and oxygen atoms in total. The third-order valence-electron chi connectivity index (χ3n) is 5.40. The van der Waals surface area contributed by atoms with Crippen LogP contribution in [0.15, 0.2) is 18.2 Å². The van der Waals surface area contributed by atoms with Crippen LogP contribution in [-0.4, -0.2) is 42.2 Å². The monoisotopic (exact) mass is 347 g/mol. The molecule has 0 aliphatic carbocycles. The minimum Gasteiger partial charge on any atom is -0.381 e. The number of rotatable bonds is 3. The van der Waals surface area contributed by atoms with Gasteiger partial charge in [0.25, 0.3) is 5.69 Å². The smallest absolute Gasteiger partial charge is 0.321 e. The van der Waals surface area contributed by atoms with Crippen LogP contribution in [0.1, 0.15) is 31.2 Å². The Morgan fingerprint density at radius 2 is 1.84 bits per heavy atom. The van der Waals surface area contributed by atoms with Gasteiger partial charge in [-0.25, -0.2) is 4.79 Å². The summed E-state index contributed by atoms with van der Waals surface area (Å²) in [5, 5.41) is 13.7. The number of likely N-dealkylation sites (tertiary alicyclic amines) is 1. The number of amides is 2. The van der Waals surface area contributed by atoms with Crippen molar-refractivity contribution in [3.8, 4) is 0 Å². The van der Waals surface area contributed by atoms with E-state index in [1.54, 1.807) is 19.1 Å². The highest BCUT2D eigenvalue weighted by Crippen LogP contribution is 2.32. The van der Waals surface area contributed by atoms with E-state index in [-0.39, 0.29) is 11.7 Å². The van der Waals surface area contributed by atoms with Crippen molar-refractivity contribution in [2.45, 2.75) is 32.6 Å². The van der Waals surface area contributed by atoms with Gasteiger partial charge in [0.15, 0.2) is 0 Å². The molecule has 2 aliphatic heterocycles. The van der Waals surface area contributed by atoms with Crippen molar-refractivity contribution in [1.82, 2.24) is 4.90 Å². The molecule has 2 aliphatic rings. The highest BCUT2D eigenvalue weighted by Gasteiger charge is 2.29. The maximum atomic E-state index is 12.4. The maximum absolute atomic E-state index is 12.4. The summed E-state index contributed by atoms with van der Waals surface area (Å²) < 4.78 is 5.43. The first kappa shape index (κ1) is 17.7. The van der Waals surface area contributed by atoms with E-state index < -0.39 is 4.92 Å². The summed E-state index contributed by atoms with van der Waals surface area (Å²) in [6.07, 6.45) is 4.35. The fraction of sp³-hybridized carbons (Fsp3) is 0.611. The Bertz CT molecular complexity index is 635. The molecule has 136 valence electrons. The lowest BCUT2D eigenvalue weighted by atomic mass is 9.80. The maximum Gasteiger partial charge on any atom is 0.321 e. The van der Waals surface area contributed by atoms with Crippen LogP contribution < -0.4 is 5.32 Å². The number of hydrogen-bond acceptors (Lipinski definition) is 4. The van der Waals surface area contributed by atoms with E-state index in [9.17, 15) is 14.9 Å². The number of ether oxygens (including phenoxy) is 1. The van der Waals surface area contributed by atoms with Crippen LogP contribution in [-0.2, 0) is 4.74 Å². The molecule has 1 aromatic rings. The zero-order valence-corrected chi connectivity index (χ0v) is 14.6. The van der Waals surface area contributed by atoms with Crippen LogP contribution in [0.3, 0.4) is 0 Å². The summed E-state index contributed by atoms with van der Waals surface area (Å²) in [5.74, 6) is 1.42. The standard InChI is InChI=1S/C18H25N3O4/c1-13-12-16(2-3-17(13)21(23)24)19-18(22)20-8-4-14(5-9-20)15-6-10-25-11-7-15/h2-3,12,14-15H,4-11H2,1H3,(H,19,22). The molecule has 0 radical (unpaired) electrons.